The van der Waals surface area contributed by atoms with Gasteiger partial charge in [0.15, 0.2) is 0 Å². The van der Waals surface area contributed by atoms with Crippen molar-refractivity contribution in [3.8, 4) is 0 Å². The molecule has 9 nitrogen and oxygen atoms in total. The Morgan fingerprint density at radius 1 is 1.24 bits per heavy atom. The maximum atomic E-state index is 13.2. The van der Waals surface area contributed by atoms with Crippen LogP contribution in [0.4, 0.5) is 0 Å². The smallest absolute Gasteiger partial charge is 0.326 e. The van der Waals surface area contributed by atoms with Gasteiger partial charge in [0.1, 0.15) is 11.6 Å². The quantitative estimate of drug-likeness (QED) is 0.352. The predicted octanol–water partition coefficient (Wildman–Crippen LogP) is 4.32. The first kappa shape index (κ1) is 27.6. The Morgan fingerprint density at radius 2 is 2.00 bits per heavy atom. The zero-order chi connectivity index (χ0) is 27.6. The highest BCUT2D eigenvalue weighted by Crippen LogP contribution is 2.35. The number of aliphatic carboxylic acids is 1. The number of benzene rings is 2. The largest absolute Gasteiger partial charge is 0.480 e. The van der Waals surface area contributed by atoms with Crippen molar-refractivity contribution >= 4 is 58.2 Å². The highest BCUT2D eigenvalue weighted by molar-refractivity contribution is 6.40. The lowest BCUT2D eigenvalue weighted by Gasteiger charge is -2.30. The molecule has 38 heavy (non-hydrogen) atoms. The van der Waals surface area contributed by atoms with E-state index in [0.717, 1.165) is 10.9 Å². The first-order valence-corrected chi connectivity index (χ1v) is 12.9. The molecular formula is C27H28Cl2N4O5. The van der Waals surface area contributed by atoms with Gasteiger partial charge in [0.05, 0.1) is 21.9 Å². The Kier molecular flexibility index (Phi) is 8.40. The molecule has 0 bridgehead atoms. The van der Waals surface area contributed by atoms with Crippen LogP contribution >= 0.6 is 23.2 Å². The Balaban J connectivity index is 1.51. The summed E-state index contributed by atoms with van der Waals surface area (Å²) in [6.45, 7) is 4.38. The van der Waals surface area contributed by atoms with Gasteiger partial charge in [-0.15, -0.1) is 0 Å². The number of aliphatic imine (C=N–C) groups is 1. The second-order valence-electron chi connectivity index (χ2n) is 9.49. The maximum absolute atomic E-state index is 13.2. The number of carboxylic acids is 1. The summed E-state index contributed by atoms with van der Waals surface area (Å²) in [7, 11) is 0. The molecule has 0 spiro atoms. The second kappa shape index (κ2) is 11.6. The molecule has 3 aromatic rings. The van der Waals surface area contributed by atoms with Crippen LogP contribution in [0.15, 0.2) is 46.0 Å². The summed E-state index contributed by atoms with van der Waals surface area (Å²) in [5.74, 6) is -2.11. The lowest BCUT2D eigenvalue weighted by Crippen LogP contribution is -2.45. The number of carbonyl (C=O) groups excluding carboxylic acids is 2. The number of nitrogens with zero attached hydrogens (tertiary/aromatic N) is 2. The molecule has 2 amide bonds. The van der Waals surface area contributed by atoms with Crippen LogP contribution in [0.2, 0.25) is 10.0 Å². The van der Waals surface area contributed by atoms with Gasteiger partial charge in [0.2, 0.25) is 0 Å². The molecule has 2 aromatic carbocycles. The third-order valence-corrected chi connectivity index (χ3v) is 7.02. The van der Waals surface area contributed by atoms with Crippen molar-refractivity contribution in [3.63, 3.8) is 0 Å². The predicted molar refractivity (Wildman–Crippen MR) is 146 cm³/mol. The third kappa shape index (κ3) is 6.01. The molecular weight excluding hydrogens is 531 g/mol. The van der Waals surface area contributed by atoms with Crippen LogP contribution < -0.4 is 11.1 Å². The van der Waals surface area contributed by atoms with E-state index in [1.54, 1.807) is 29.4 Å². The van der Waals surface area contributed by atoms with Crippen LogP contribution in [0.1, 0.15) is 52.1 Å². The van der Waals surface area contributed by atoms with E-state index in [-0.39, 0.29) is 40.5 Å². The summed E-state index contributed by atoms with van der Waals surface area (Å²) in [4.78, 5) is 43.9. The second-order valence-corrected chi connectivity index (χ2v) is 10.3. The topological polar surface area (TPSA) is 138 Å². The van der Waals surface area contributed by atoms with Gasteiger partial charge < -0.3 is 25.5 Å². The van der Waals surface area contributed by atoms with Crippen molar-refractivity contribution in [1.82, 2.24) is 10.2 Å². The monoisotopic (exact) mass is 558 g/mol. The zero-order valence-electron chi connectivity index (χ0n) is 20.9. The van der Waals surface area contributed by atoms with Crippen molar-refractivity contribution in [3.05, 3.63) is 68.9 Å². The van der Waals surface area contributed by atoms with Crippen LogP contribution in [0.3, 0.4) is 0 Å². The number of hydrogen-bond donors (Lipinski definition) is 3. The van der Waals surface area contributed by atoms with Crippen LogP contribution in [0.5, 0.6) is 0 Å². The molecule has 4 N–H and O–H groups in total. The normalized spacial score (nSPS) is 15.1. The van der Waals surface area contributed by atoms with Crippen LogP contribution in [-0.2, 0) is 17.8 Å². The summed E-state index contributed by atoms with van der Waals surface area (Å²) in [5, 5.41) is 13.2. The van der Waals surface area contributed by atoms with E-state index < -0.39 is 24.0 Å². The van der Waals surface area contributed by atoms with Crippen molar-refractivity contribution in [2.24, 2.45) is 10.7 Å². The van der Waals surface area contributed by atoms with Crippen LogP contribution in [-0.4, -0.2) is 58.7 Å². The summed E-state index contributed by atoms with van der Waals surface area (Å²) < 4.78 is 5.41. The van der Waals surface area contributed by atoms with Crippen LogP contribution in [0.25, 0.3) is 11.0 Å². The SMILES string of the molecule is CC(C)N=CC(N)C[C@H](NC(=O)c1c(Cl)cc2c(c1Cl)CCN(C(=O)c1ccc3ccoc3c1)C2)C(=O)O. The Hall–Kier alpha value is -3.40. The first-order valence-electron chi connectivity index (χ1n) is 12.1. The number of carbonyl (C=O) groups is 3. The molecule has 0 saturated heterocycles. The summed E-state index contributed by atoms with van der Waals surface area (Å²) in [6, 6.07) is 6.80. The number of nitrogens with two attached hydrogens (primary N) is 1. The average Bonchev–Trinajstić information content (AvgIpc) is 3.34. The molecule has 1 aliphatic rings. The van der Waals surface area contributed by atoms with Gasteiger partial charge in [-0.25, -0.2) is 4.79 Å². The number of furan rings is 1. The molecule has 2 heterocycles. The number of carboxylic acid groups (broad SMARTS) is 1. The Labute approximate surface area is 229 Å². The highest BCUT2D eigenvalue weighted by atomic mass is 35.5. The summed E-state index contributed by atoms with van der Waals surface area (Å²) >= 11 is 13.1. The van der Waals surface area contributed by atoms with Gasteiger partial charge in [-0.05, 0) is 62.1 Å². The minimum atomic E-state index is -1.26. The fourth-order valence-electron chi connectivity index (χ4n) is 4.37. The Bertz CT molecular complexity index is 1420. The molecule has 0 aliphatic carbocycles. The zero-order valence-corrected chi connectivity index (χ0v) is 22.4. The maximum Gasteiger partial charge on any atom is 0.326 e. The Morgan fingerprint density at radius 3 is 2.71 bits per heavy atom. The van der Waals surface area contributed by atoms with Crippen molar-refractivity contribution in [2.45, 2.75) is 51.4 Å². The molecule has 2 atom stereocenters. The summed E-state index contributed by atoms with van der Waals surface area (Å²) in [6.07, 6.45) is 3.39. The minimum absolute atomic E-state index is 0.00852. The minimum Gasteiger partial charge on any atom is -0.480 e. The van der Waals surface area contributed by atoms with Gasteiger partial charge in [-0.2, -0.15) is 0 Å². The van der Waals surface area contributed by atoms with Gasteiger partial charge in [0, 0.05) is 42.3 Å². The number of fused-ring (bicyclic) bond motifs is 2. The molecule has 0 fully saturated rings. The van der Waals surface area contributed by atoms with E-state index >= 15 is 0 Å². The fourth-order valence-corrected chi connectivity index (χ4v) is 5.14. The molecule has 4 rings (SSSR count). The summed E-state index contributed by atoms with van der Waals surface area (Å²) in [5.41, 5.74) is 8.51. The number of rotatable bonds is 8. The van der Waals surface area contributed by atoms with Gasteiger partial charge in [0.25, 0.3) is 11.8 Å². The third-order valence-electron chi connectivity index (χ3n) is 6.31. The van der Waals surface area contributed by atoms with E-state index in [2.05, 4.69) is 10.3 Å². The molecule has 0 saturated carbocycles. The standard InChI is InChI=1S/C27H28Cl2N4O5/c1-14(2)31-12-18(30)11-21(27(36)37)32-25(34)23-20(28)9-17-13-33(7-5-19(17)24(23)29)26(35)16-4-3-15-6-8-38-22(15)10-16/h3-4,6,8-10,12,14,18,21H,5,7,11,13,30H2,1-2H3,(H,32,34)(H,36,37)/t18?,21-/m0/s1. The number of halogens is 2. The van der Waals surface area contributed by atoms with E-state index in [4.69, 9.17) is 33.4 Å². The van der Waals surface area contributed by atoms with E-state index in [9.17, 15) is 19.5 Å². The fraction of sp³-hybridized carbons (Fsp3) is 0.333. The van der Waals surface area contributed by atoms with Crippen molar-refractivity contribution in [2.75, 3.05) is 6.54 Å². The number of hydrogen-bond acceptors (Lipinski definition) is 6. The lowest BCUT2D eigenvalue weighted by atomic mass is 9.95. The molecule has 200 valence electrons. The lowest BCUT2D eigenvalue weighted by molar-refractivity contribution is -0.139. The highest BCUT2D eigenvalue weighted by Gasteiger charge is 2.30. The number of nitrogens with one attached hydrogen (secondary N) is 1. The van der Waals surface area contributed by atoms with Crippen molar-refractivity contribution < 1.29 is 23.9 Å². The van der Waals surface area contributed by atoms with E-state index in [0.29, 0.717) is 29.7 Å². The van der Waals surface area contributed by atoms with Gasteiger partial charge >= 0.3 is 5.97 Å². The average molecular weight is 559 g/mol. The number of amides is 2. The van der Waals surface area contributed by atoms with Gasteiger partial charge in [-0.1, -0.05) is 29.3 Å². The molecule has 11 heteroatoms. The molecule has 1 aromatic heterocycles. The van der Waals surface area contributed by atoms with Gasteiger partial charge in [-0.3, -0.25) is 14.6 Å². The van der Waals surface area contributed by atoms with E-state index in [1.165, 1.54) is 6.21 Å². The van der Waals surface area contributed by atoms with Crippen molar-refractivity contribution in [1.29, 1.82) is 0 Å². The molecule has 0 radical (unpaired) electrons. The van der Waals surface area contributed by atoms with E-state index in [1.807, 2.05) is 26.0 Å². The molecule has 1 aliphatic heterocycles. The molecule has 1 unspecified atom stereocenters. The first-order chi connectivity index (χ1) is 18.0. The van der Waals surface area contributed by atoms with Crippen LogP contribution in [0, 0.1) is 0 Å².